The van der Waals surface area contributed by atoms with Gasteiger partial charge in [-0.05, 0) is 52.4 Å². The van der Waals surface area contributed by atoms with Crippen molar-refractivity contribution in [2.45, 2.75) is 12.5 Å². The Kier molecular flexibility index (Phi) is 4.47. The number of halogens is 1. The van der Waals surface area contributed by atoms with Crippen molar-refractivity contribution in [2.75, 3.05) is 7.11 Å². The number of ether oxygens (including phenoxy) is 1. The molecule has 0 spiro atoms. The summed E-state index contributed by atoms with van der Waals surface area (Å²) in [5, 5.41) is 9.51. The molecule has 0 amide bonds. The Morgan fingerprint density at radius 3 is 2.68 bits per heavy atom. The molecule has 100 valence electrons. The van der Waals surface area contributed by atoms with Gasteiger partial charge in [0.25, 0.3) is 0 Å². The van der Waals surface area contributed by atoms with Crippen molar-refractivity contribution in [1.82, 2.24) is 4.57 Å². The molecule has 0 saturated heterocycles. The molecule has 2 aromatic rings. The van der Waals surface area contributed by atoms with Crippen LogP contribution in [-0.2, 0) is 16.0 Å². The Bertz CT molecular complexity index is 566. The molecule has 0 aliphatic rings. The van der Waals surface area contributed by atoms with E-state index in [1.165, 1.54) is 7.11 Å². The minimum absolute atomic E-state index is 0.250. The molecule has 2 rings (SSSR count). The highest BCUT2D eigenvalue weighted by Gasteiger charge is 2.21. The second-order valence-corrected chi connectivity index (χ2v) is 5.32. The maximum absolute atomic E-state index is 11.9. The van der Waals surface area contributed by atoms with Crippen LogP contribution in [0.1, 0.15) is 11.6 Å². The number of rotatable bonds is 4. The van der Waals surface area contributed by atoms with E-state index < -0.39 is 0 Å². The lowest BCUT2D eigenvalue weighted by Gasteiger charge is -2.17. The number of esters is 1. The van der Waals surface area contributed by atoms with E-state index in [-0.39, 0.29) is 17.8 Å². The summed E-state index contributed by atoms with van der Waals surface area (Å²) in [6.45, 7) is 0. The fourth-order valence-corrected chi connectivity index (χ4v) is 2.48. The quantitative estimate of drug-likeness (QED) is 0.664. The Morgan fingerprint density at radius 1 is 1.42 bits per heavy atom. The van der Waals surface area contributed by atoms with E-state index in [2.05, 4.69) is 22.6 Å². The minimum atomic E-state index is -0.389. The van der Waals surface area contributed by atoms with Crippen LogP contribution in [0.25, 0.3) is 0 Å². The van der Waals surface area contributed by atoms with E-state index in [1.54, 1.807) is 6.07 Å². The molecule has 0 saturated carbocycles. The van der Waals surface area contributed by atoms with E-state index in [0.717, 1.165) is 9.13 Å². The third-order valence-electron chi connectivity index (χ3n) is 2.90. The van der Waals surface area contributed by atoms with Crippen LogP contribution in [-0.4, -0.2) is 22.8 Å². The summed E-state index contributed by atoms with van der Waals surface area (Å²) in [7, 11) is 1.39. The van der Waals surface area contributed by atoms with Crippen LogP contribution in [0.5, 0.6) is 5.75 Å². The zero-order valence-electron chi connectivity index (χ0n) is 10.4. The molecule has 0 unspecified atom stereocenters. The van der Waals surface area contributed by atoms with Gasteiger partial charge in [0.1, 0.15) is 11.8 Å². The highest BCUT2D eigenvalue weighted by molar-refractivity contribution is 14.1. The summed E-state index contributed by atoms with van der Waals surface area (Å²) in [6.07, 6.45) is 4.21. The zero-order chi connectivity index (χ0) is 13.8. The first-order chi connectivity index (χ1) is 9.11. The van der Waals surface area contributed by atoms with Crippen LogP contribution < -0.4 is 0 Å². The van der Waals surface area contributed by atoms with Crippen molar-refractivity contribution in [3.63, 3.8) is 0 Å². The molecule has 0 bridgehead atoms. The van der Waals surface area contributed by atoms with Gasteiger partial charge in [-0.3, -0.25) is 0 Å². The van der Waals surface area contributed by atoms with Gasteiger partial charge in [0.2, 0.25) is 0 Å². The number of hydrogen-bond donors (Lipinski definition) is 1. The van der Waals surface area contributed by atoms with Crippen molar-refractivity contribution in [2.24, 2.45) is 0 Å². The van der Waals surface area contributed by atoms with Gasteiger partial charge in [0, 0.05) is 18.8 Å². The molecule has 1 atom stereocenters. The molecule has 0 radical (unpaired) electrons. The van der Waals surface area contributed by atoms with Gasteiger partial charge in [0.15, 0.2) is 0 Å². The summed E-state index contributed by atoms with van der Waals surface area (Å²) in [4.78, 5) is 11.9. The third kappa shape index (κ3) is 3.28. The molecule has 1 aromatic heterocycles. The van der Waals surface area contributed by atoms with Crippen LogP contribution in [0, 0.1) is 3.57 Å². The Morgan fingerprint density at radius 2 is 2.11 bits per heavy atom. The lowest BCUT2D eigenvalue weighted by atomic mass is 10.1. The maximum Gasteiger partial charge on any atom is 0.329 e. The molecular formula is C14H14INO3. The highest BCUT2D eigenvalue weighted by atomic mass is 127. The average molecular weight is 371 g/mol. The van der Waals surface area contributed by atoms with Crippen molar-refractivity contribution < 1.29 is 14.6 Å². The van der Waals surface area contributed by atoms with E-state index in [1.807, 2.05) is 41.2 Å². The summed E-state index contributed by atoms with van der Waals surface area (Å²) in [6, 6.07) is 8.68. The largest absolute Gasteiger partial charge is 0.507 e. The number of nitrogens with zero attached hydrogens (tertiary/aromatic N) is 1. The van der Waals surface area contributed by atoms with Gasteiger partial charge < -0.3 is 14.4 Å². The third-order valence-corrected chi connectivity index (χ3v) is 3.77. The number of aromatic hydroxyl groups is 1. The number of benzene rings is 1. The van der Waals surface area contributed by atoms with Crippen LogP contribution in [0.15, 0.2) is 42.7 Å². The average Bonchev–Trinajstić information content (AvgIpc) is 2.93. The lowest BCUT2D eigenvalue weighted by Crippen LogP contribution is -2.22. The normalized spacial score (nSPS) is 12.1. The van der Waals surface area contributed by atoms with E-state index in [0.29, 0.717) is 6.42 Å². The standard InChI is InChI=1S/C14H14INO3/c1-19-14(18)12(16-6-2-3-7-16)9-10-4-5-13(17)11(15)8-10/h2-8,12,17H,9H2,1H3/t12-/m0/s1. The van der Waals surface area contributed by atoms with Gasteiger partial charge in [-0.25, -0.2) is 4.79 Å². The van der Waals surface area contributed by atoms with Gasteiger partial charge >= 0.3 is 5.97 Å². The Labute approximate surface area is 125 Å². The van der Waals surface area contributed by atoms with Gasteiger partial charge in [-0.2, -0.15) is 0 Å². The monoisotopic (exact) mass is 371 g/mol. The number of carbonyl (C=O) groups is 1. The fraction of sp³-hybridized carbons (Fsp3) is 0.214. The lowest BCUT2D eigenvalue weighted by molar-refractivity contribution is -0.144. The maximum atomic E-state index is 11.9. The van der Waals surface area contributed by atoms with Gasteiger partial charge in [-0.1, -0.05) is 6.07 Å². The molecule has 0 fully saturated rings. The van der Waals surface area contributed by atoms with Crippen LogP contribution in [0.2, 0.25) is 0 Å². The molecule has 0 aliphatic carbocycles. The second-order valence-electron chi connectivity index (χ2n) is 4.16. The number of hydrogen-bond acceptors (Lipinski definition) is 3. The smallest absolute Gasteiger partial charge is 0.329 e. The van der Waals surface area contributed by atoms with E-state index in [4.69, 9.17) is 4.74 Å². The first-order valence-electron chi connectivity index (χ1n) is 5.79. The fourth-order valence-electron chi connectivity index (χ4n) is 1.90. The van der Waals surface area contributed by atoms with Crippen LogP contribution in [0.3, 0.4) is 0 Å². The summed E-state index contributed by atoms with van der Waals surface area (Å²) in [5.74, 6) is -0.0285. The van der Waals surface area contributed by atoms with Crippen molar-refractivity contribution >= 4 is 28.6 Å². The van der Waals surface area contributed by atoms with Crippen LogP contribution >= 0.6 is 22.6 Å². The van der Waals surface area contributed by atoms with E-state index in [9.17, 15) is 9.90 Å². The summed E-state index contributed by atoms with van der Waals surface area (Å²) >= 11 is 2.06. The van der Waals surface area contributed by atoms with E-state index >= 15 is 0 Å². The summed E-state index contributed by atoms with van der Waals surface area (Å²) in [5.41, 5.74) is 0.978. The number of methoxy groups -OCH3 is 1. The Hall–Kier alpha value is -1.50. The number of phenols is 1. The molecule has 4 nitrogen and oxygen atoms in total. The molecule has 0 aliphatic heterocycles. The number of carbonyl (C=O) groups excluding carboxylic acids is 1. The molecule has 1 aromatic carbocycles. The predicted molar refractivity (Wildman–Crippen MR) is 80.0 cm³/mol. The molecular weight excluding hydrogens is 357 g/mol. The SMILES string of the molecule is COC(=O)[C@H](Cc1ccc(O)c(I)c1)n1cccc1. The zero-order valence-corrected chi connectivity index (χ0v) is 12.6. The highest BCUT2D eigenvalue weighted by Crippen LogP contribution is 2.23. The molecule has 5 heteroatoms. The van der Waals surface area contributed by atoms with Crippen molar-refractivity contribution in [3.8, 4) is 5.75 Å². The van der Waals surface area contributed by atoms with Gasteiger partial charge in [-0.15, -0.1) is 0 Å². The molecule has 1 N–H and O–H groups in total. The number of aromatic nitrogens is 1. The first kappa shape index (κ1) is 13.9. The number of phenolic OH excluding ortho intramolecular Hbond substituents is 1. The van der Waals surface area contributed by atoms with Crippen molar-refractivity contribution in [1.29, 1.82) is 0 Å². The topological polar surface area (TPSA) is 51.5 Å². The van der Waals surface area contributed by atoms with Crippen molar-refractivity contribution in [3.05, 3.63) is 51.9 Å². The summed E-state index contributed by atoms with van der Waals surface area (Å²) < 4.78 is 7.45. The van der Waals surface area contributed by atoms with Crippen LogP contribution in [0.4, 0.5) is 0 Å². The second kappa shape index (κ2) is 6.10. The molecule has 1 heterocycles. The predicted octanol–water partition coefficient (Wildman–Crippen LogP) is 2.76. The minimum Gasteiger partial charge on any atom is -0.507 e. The first-order valence-corrected chi connectivity index (χ1v) is 6.87. The Balaban J connectivity index is 2.25. The molecule has 19 heavy (non-hydrogen) atoms. The van der Waals surface area contributed by atoms with Gasteiger partial charge in [0.05, 0.1) is 10.7 Å².